The molecule has 0 radical (unpaired) electrons. The maximum absolute atomic E-state index is 6.51. The van der Waals surface area contributed by atoms with E-state index in [0.29, 0.717) is 6.54 Å². The molecule has 0 fully saturated rings. The van der Waals surface area contributed by atoms with Crippen molar-refractivity contribution in [3.8, 4) is 12.3 Å². The van der Waals surface area contributed by atoms with Gasteiger partial charge in [-0.2, -0.15) is 0 Å². The van der Waals surface area contributed by atoms with Crippen molar-refractivity contribution in [1.82, 2.24) is 5.32 Å². The molecule has 0 saturated heterocycles. The van der Waals surface area contributed by atoms with E-state index in [1.165, 1.54) is 0 Å². The molecule has 0 saturated carbocycles. The predicted molar refractivity (Wildman–Crippen MR) is 36.6 cm³/mol. The van der Waals surface area contributed by atoms with Crippen LogP contribution in [0.2, 0.25) is 0 Å². The first-order chi connectivity index (χ1) is 4.06. The molecule has 0 amide bonds. The van der Waals surface area contributed by atoms with Gasteiger partial charge in [0.25, 0.3) is 0 Å². The van der Waals surface area contributed by atoms with Gasteiger partial charge in [0.1, 0.15) is 1.37 Å². The van der Waals surface area contributed by atoms with E-state index in [1.54, 1.807) is 0 Å². The van der Waals surface area contributed by atoms with Crippen molar-refractivity contribution in [2.45, 2.75) is 26.3 Å². The zero-order valence-electron chi connectivity index (χ0n) is 6.71. The summed E-state index contributed by atoms with van der Waals surface area (Å²) in [5, 5.41) is 3.13. The topological polar surface area (TPSA) is 12.0 Å². The molecule has 0 aromatic rings. The van der Waals surface area contributed by atoms with Gasteiger partial charge in [-0.3, -0.25) is 0 Å². The van der Waals surface area contributed by atoms with Gasteiger partial charge in [0.15, 0.2) is 0 Å². The average molecular weight is 112 g/mol. The lowest BCUT2D eigenvalue weighted by atomic mass is 10.1. The Hall–Kier alpha value is -0.480. The van der Waals surface area contributed by atoms with E-state index in [1.807, 2.05) is 0 Å². The molecule has 0 aliphatic carbocycles. The maximum atomic E-state index is 6.51. The molecule has 1 nitrogen and oxygen atoms in total. The first-order valence-electron chi connectivity index (χ1n) is 3.21. The lowest BCUT2D eigenvalue weighted by Gasteiger charge is -2.17. The van der Waals surface area contributed by atoms with Crippen LogP contribution < -0.4 is 5.32 Å². The molecule has 46 valence electrons. The van der Waals surface area contributed by atoms with Gasteiger partial charge < -0.3 is 5.32 Å². The van der Waals surface area contributed by atoms with Crippen molar-refractivity contribution in [3.05, 3.63) is 0 Å². The molecule has 1 N–H and O–H groups in total. The van der Waals surface area contributed by atoms with Crippen LogP contribution in [0.1, 0.15) is 22.1 Å². The standard InChI is InChI=1S/C7H13N/c1-5-6-8-7(2,3)4/h1,8H,6H2,2-4H3/i1D. The quantitative estimate of drug-likeness (QED) is 0.499. The summed E-state index contributed by atoms with van der Waals surface area (Å²) in [6.45, 7) is 6.81. The lowest BCUT2D eigenvalue weighted by Crippen LogP contribution is -2.35. The highest BCUT2D eigenvalue weighted by atomic mass is 14.9. The number of rotatable bonds is 1. The maximum Gasteiger partial charge on any atom is 0.124 e. The Labute approximate surface area is 52.9 Å². The van der Waals surface area contributed by atoms with Gasteiger partial charge in [-0.1, -0.05) is 5.92 Å². The van der Waals surface area contributed by atoms with Crippen LogP contribution in [0.25, 0.3) is 0 Å². The van der Waals surface area contributed by atoms with Gasteiger partial charge in [0.05, 0.1) is 6.54 Å². The Morgan fingerprint density at radius 2 is 2.38 bits per heavy atom. The second-order valence-corrected chi connectivity index (χ2v) is 2.78. The average Bonchev–Trinajstić information content (AvgIpc) is 1.63. The summed E-state index contributed by atoms with van der Waals surface area (Å²) in [6, 6.07) is 0. The lowest BCUT2D eigenvalue weighted by molar-refractivity contribution is 0.452. The van der Waals surface area contributed by atoms with E-state index in [4.69, 9.17) is 1.37 Å². The minimum absolute atomic E-state index is 0.115. The second kappa shape index (κ2) is 2.74. The molecular weight excluding hydrogens is 98.1 g/mol. The van der Waals surface area contributed by atoms with Crippen LogP contribution in [0.3, 0.4) is 0 Å². The third-order valence-electron chi connectivity index (χ3n) is 0.707. The Morgan fingerprint density at radius 1 is 1.75 bits per heavy atom. The summed E-state index contributed by atoms with van der Waals surface area (Å²) in [7, 11) is 0. The molecule has 0 aliphatic heterocycles. The third kappa shape index (κ3) is 5.52. The smallest absolute Gasteiger partial charge is 0.124 e. The molecule has 0 aromatic heterocycles. The highest BCUT2D eigenvalue weighted by molar-refractivity contribution is 4.89. The molecule has 0 bridgehead atoms. The predicted octanol–water partition coefficient (Wildman–Crippen LogP) is 1.01. The monoisotopic (exact) mass is 112 g/mol. The van der Waals surface area contributed by atoms with Gasteiger partial charge in [-0.15, -0.1) is 6.40 Å². The number of hydrogen-bond donors (Lipinski definition) is 1. The molecule has 0 atom stereocenters. The van der Waals surface area contributed by atoms with E-state index in [2.05, 4.69) is 38.4 Å². The molecular formula is C7H13N. The SMILES string of the molecule is [2H]C#CCNC(C)(C)C. The third-order valence-corrected chi connectivity index (χ3v) is 0.707. The zero-order valence-corrected chi connectivity index (χ0v) is 5.71. The van der Waals surface area contributed by atoms with E-state index >= 15 is 0 Å². The Kier molecular flexibility index (Phi) is 1.93. The van der Waals surface area contributed by atoms with Crippen LogP contribution in [0.4, 0.5) is 0 Å². The summed E-state index contributed by atoms with van der Waals surface area (Å²) in [4.78, 5) is 0. The first kappa shape index (κ1) is 5.65. The molecule has 1 heteroatoms. The van der Waals surface area contributed by atoms with Gasteiger partial charge in [-0.05, 0) is 20.8 Å². The highest BCUT2D eigenvalue weighted by Gasteiger charge is 2.05. The number of nitrogens with one attached hydrogen (secondary N) is 1. The molecule has 0 unspecified atom stereocenters. The van der Waals surface area contributed by atoms with Crippen LogP contribution in [0.5, 0.6) is 0 Å². The van der Waals surface area contributed by atoms with Gasteiger partial charge in [0.2, 0.25) is 0 Å². The van der Waals surface area contributed by atoms with Gasteiger partial charge in [-0.25, -0.2) is 0 Å². The summed E-state index contributed by atoms with van der Waals surface area (Å²) in [5.41, 5.74) is 0.115. The van der Waals surface area contributed by atoms with Crippen LogP contribution >= 0.6 is 0 Å². The fraction of sp³-hybridized carbons (Fsp3) is 0.714. The van der Waals surface area contributed by atoms with Crippen molar-refractivity contribution in [3.63, 3.8) is 0 Å². The molecule has 0 heterocycles. The summed E-state index contributed by atoms with van der Waals surface area (Å²) in [6.07, 6.45) is 2.08. The van der Waals surface area contributed by atoms with Crippen LogP contribution in [-0.4, -0.2) is 12.1 Å². The van der Waals surface area contributed by atoms with Crippen LogP contribution in [0, 0.1) is 12.3 Å². The molecule has 0 aromatic carbocycles. The minimum atomic E-state index is 0.115. The Balaban J connectivity index is 3.36. The molecule has 0 rings (SSSR count). The van der Waals surface area contributed by atoms with Crippen molar-refractivity contribution >= 4 is 0 Å². The highest BCUT2D eigenvalue weighted by Crippen LogP contribution is 1.95. The normalized spacial score (nSPS) is 11.6. The van der Waals surface area contributed by atoms with E-state index < -0.39 is 0 Å². The molecule has 0 aliphatic rings. The fourth-order valence-corrected chi connectivity index (χ4v) is 0.309. The minimum Gasteiger partial charge on any atom is -0.301 e. The van der Waals surface area contributed by atoms with Crippen LogP contribution in [0.15, 0.2) is 0 Å². The molecule has 0 spiro atoms. The van der Waals surface area contributed by atoms with E-state index in [-0.39, 0.29) is 5.54 Å². The van der Waals surface area contributed by atoms with Crippen LogP contribution in [-0.2, 0) is 0 Å². The van der Waals surface area contributed by atoms with Gasteiger partial charge in [0, 0.05) is 5.54 Å². The molecule has 8 heavy (non-hydrogen) atoms. The van der Waals surface area contributed by atoms with Crippen molar-refractivity contribution in [2.75, 3.05) is 6.54 Å². The number of terminal acetylenes is 1. The van der Waals surface area contributed by atoms with Gasteiger partial charge >= 0.3 is 0 Å². The second-order valence-electron chi connectivity index (χ2n) is 2.78. The summed E-state index contributed by atoms with van der Waals surface area (Å²) in [5.74, 6) is 2.61. The van der Waals surface area contributed by atoms with Crippen molar-refractivity contribution < 1.29 is 1.37 Å². The van der Waals surface area contributed by atoms with E-state index in [0.717, 1.165) is 0 Å². The summed E-state index contributed by atoms with van der Waals surface area (Å²) < 4.78 is 6.51. The number of hydrogen-bond acceptors (Lipinski definition) is 1. The first-order valence-corrected chi connectivity index (χ1v) is 2.71. The van der Waals surface area contributed by atoms with Crippen molar-refractivity contribution in [1.29, 1.82) is 0 Å². The Morgan fingerprint density at radius 3 is 2.75 bits per heavy atom. The van der Waals surface area contributed by atoms with Crippen molar-refractivity contribution in [2.24, 2.45) is 0 Å². The summed E-state index contributed by atoms with van der Waals surface area (Å²) >= 11 is 0. The zero-order chi connectivity index (χ0) is 7.33. The largest absolute Gasteiger partial charge is 0.301 e. The Bertz CT molecular complexity index is 124. The van der Waals surface area contributed by atoms with E-state index in [9.17, 15) is 0 Å². The fourth-order valence-electron chi connectivity index (χ4n) is 0.309.